The first-order valence-electron chi connectivity index (χ1n) is 11.7. The molecule has 1 aliphatic rings. The standard InChI is InChI=1S/C24H29FN3O10P/c1-5-12-23(33)20(31)24(25,37-21(23)28-13-11-18(29)26-22(28)32)14-35-39(34,38-17-9-7-6-8-10-17)27-16(4)19(30)36-15(2)3/h6-13,15-16,20-21,31,33H,1,14H2,2-4H3,(H,27,34)(H,26,29,32). The fourth-order valence-corrected chi connectivity index (χ4v) is 5.16. The summed E-state index contributed by atoms with van der Waals surface area (Å²) >= 11 is 0. The monoisotopic (exact) mass is 569 g/mol. The molecule has 1 saturated heterocycles. The van der Waals surface area contributed by atoms with E-state index in [0.29, 0.717) is 4.57 Å². The van der Waals surface area contributed by atoms with E-state index in [1.165, 1.54) is 19.1 Å². The van der Waals surface area contributed by atoms with Crippen LogP contribution in [0.2, 0.25) is 0 Å². The van der Waals surface area contributed by atoms with Gasteiger partial charge in [-0.25, -0.2) is 13.8 Å². The normalized spacial score (nSPS) is 26.8. The number of ether oxygens (including phenoxy) is 2. The third kappa shape index (κ3) is 6.81. The second kappa shape index (κ2) is 11.8. The third-order valence-electron chi connectivity index (χ3n) is 5.44. The minimum absolute atomic E-state index is 0.0299. The van der Waals surface area contributed by atoms with Crippen molar-refractivity contribution in [1.82, 2.24) is 14.6 Å². The fraction of sp³-hybridized carbons (Fsp3) is 0.417. The maximum Gasteiger partial charge on any atom is 0.459 e. The number of aromatic amines is 1. The van der Waals surface area contributed by atoms with Crippen molar-refractivity contribution in [1.29, 1.82) is 0 Å². The molecule has 0 bridgehead atoms. The van der Waals surface area contributed by atoms with Crippen LogP contribution in [0.15, 0.2) is 70.6 Å². The molecule has 0 aliphatic carbocycles. The molecule has 6 unspecified atom stereocenters. The second-order valence-electron chi connectivity index (χ2n) is 8.92. The Morgan fingerprint density at radius 1 is 1.33 bits per heavy atom. The van der Waals surface area contributed by atoms with Crippen LogP contribution < -0.4 is 20.9 Å². The molecule has 0 saturated carbocycles. The molecule has 3 rings (SSSR count). The van der Waals surface area contributed by atoms with E-state index in [1.807, 2.05) is 4.98 Å². The number of benzene rings is 1. The maximum absolute atomic E-state index is 16.1. The summed E-state index contributed by atoms with van der Waals surface area (Å²) in [5, 5.41) is 24.3. The van der Waals surface area contributed by atoms with E-state index >= 15 is 4.39 Å². The highest BCUT2D eigenvalue weighted by atomic mass is 31.2. The van der Waals surface area contributed by atoms with Crippen LogP contribution in [0.3, 0.4) is 0 Å². The number of H-pyrrole nitrogens is 1. The molecule has 1 aliphatic heterocycles. The molecule has 0 radical (unpaired) electrons. The molecule has 15 heteroatoms. The van der Waals surface area contributed by atoms with Gasteiger partial charge >= 0.3 is 19.4 Å². The van der Waals surface area contributed by atoms with Crippen LogP contribution in [0.1, 0.15) is 27.0 Å². The van der Waals surface area contributed by atoms with Crippen LogP contribution in [0.5, 0.6) is 5.75 Å². The van der Waals surface area contributed by atoms with E-state index < -0.39 is 67.5 Å². The lowest BCUT2D eigenvalue weighted by Crippen LogP contribution is -2.51. The Bertz CT molecular complexity index is 1390. The molecule has 0 amide bonds. The molecule has 13 nitrogen and oxygen atoms in total. The van der Waals surface area contributed by atoms with Crippen molar-refractivity contribution >= 4 is 13.7 Å². The molecular formula is C24H29FN3O10P. The van der Waals surface area contributed by atoms with Crippen LogP contribution in [0.4, 0.5) is 4.39 Å². The summed E-state index contributed by atoms with van der Waals surface area (Å²) in [7, 11) is -4.60. The van der Waals surface area contributed by atoms with Crippen molar-refractivity contribution in [2.24, 2.45) is 0 Å². The van der Waals surface area contributed by atoms with Gasteiger partial charge in [0.1, 0.15) is 18.4 Å². The van der Waals surface area contributed by atoms with Gasteiger partial charge in [0.15, 0.2) is 17.9 Å². The molecule has 1 fully saturated rings. The highest BCUT2D eigenvalue weighted by molar-refractivity contribution is 7.52. The van der Waals surface area contributed by atoms with Crippen molar-refractivity contribution < 1.29 is 42.5 Å². The maximum atomic E-state index is 16.1. The first-order chi connectivity index (χ1) is 18.2. The molecule has 39 heavy (non-hydrogen) atoms. The van der Waals surface area contributed by atoms with Crippen LogP contribution in [-0.2, 0) is 23.4 Å². The lowest BCUT2D eigenvalue weighted by molar-refractivity contribution is -0.204. The largest absolute Gasteiger partial charge is 0.462 e. The summed E-state index contributed by atoms with van der Waals surface area (Å²) < 4.78 is 51.4. The smallest absolute Gasteiger partial charge is 0.459 e. The van der Waals surface area contributed by atoms with Gasteiger partial charge in [-0.1, -0.05) is 24.8 Å². The Labute approximate surface area is 222 Å². The number of carbonyl (C=O) groups excluding carboxylic acids is 1. The highest BCUT2D eigenvalue weighted by Gasteiger charge is 2.65. The van der Waals surface area contributed by atoms with Gasteiger partial charge in [0.2, 0.25) is 0 Å². The Kier molecular flexibility index (Phi) is 9.14. The van der Waals surface area contributed by atoms with Gasteiger partial charge < -0.3 is 24.2 Å². The van der Waals surface area contributed by atoms with Crippen LogP contribution in [-0.4, -0.2) is 62.0 Å². The number of aliphatic hydroxyl groups is 2. The van der Waals surface area contributed by atoms with Gasteiger partial charge in [0.25, 0.3) is 11.4 Å². The predicted molar refractivity (Wildman–Crippen MR) is 134 cm³/mol. The average Bonchev–Trinajstić information content (AvgIpc) is 3.05. The quantitative estimate of drug-likeness (QED) is 0.174. The molecule has 4 N–H and O–H groups in total. The second-order valence-corrected chi connectivity index (χ2v) is 10.6. The third-order valence-corrected chi connectivity index (χ3v) is 7.07. The molecule has 6 atom stereocenters. The van der Waals surface area contributed by atoms with Crippen molar-refractivity contribution in [3.63, 3.8) is 0 Å². The zero-order valence-electron chi connectivity index (χ0n) is 21.3. The first kappa shape index (κ1) is 30.2. The first-order valence-corrected chi connectivity index (χ1v) is 13.2. The van der Waals surface area contributed by atoms with Crippen molar-refractivity contribution in [2.75, 3.05) is 6.61 Å². The summed E-state index contributed by atoms with van der Waals surface area (Å²) in [6.07, 6.45) is -3.19. The lowest BCUT2D eigenvalue weighted by Gasteiger charge is -2.29. The zero-order valence-corrected chi connectivity index (χ0v) is 22.2. The minimum Gasteiger partial charge on any atom is -0.462 e. The number of para-hydroxylation sites is 1. The summed E-state index contributed by atoms with van der Waals surface area (Å²) in [5.74, 6) is -4.08. The van der Waals surface area contributed by atoms with Crippen LogP contribution in [0, 0.1) is 0 Å². The number of alkyl halides is 1. The number of aromatic nitrogens is 2. The Balaban J connectivity index is 1.93. The Hall–Kier alpha value is -3.35. The number of rotatable bonds is 11. The highest BCUT2D eigenvalue weighted by Crippen LogP contribution is 2.50. The summed E-state index contributed by atoms with van der Waals surface area (Å²) in [6.45, 7) is 6.50. The molecule has 2 heterocycles. The lowest BCUT2D eigenvalue weighted by atomic mass is 9.93. The number of halogens is 1. The van der Waals surface area contributed by atoms with Crippen molar-refractivity contribution in [3.8, 4) is 5.75 Å². The van der Waals surface area contributed by atoms with E-state index in [9.17, 15) is 29.2 Å². The minimum atomic E-state index is -4.60. The van der Waals surface area contributed by atoms with Crippen LogP contribution in [0.25, 0.3) is 0 Å². The van der Waals surface area contributed by atoms with E-state index in [2.05, 4.69) is 17.4 Å². The number of nitrogens with zero attached hydrogens (tertiary/aromatic N) is 1. The van der Waals surface area contributed by atoms with E-state index in [4.69, 9.17) is 18.5 Å². The van der Waals surface area contributed by atoms with Crippen molar-refractivity contribution in [2.45, 2.75) is 56.7 Å². The zero-order chi connectivity index (χ0) is 29.0. The molecule has 212 valence electrons. The fourth-order valence-electron chi connectivity index (χ4n) is 3.65. The van der Waals surface area contributed by atoms with Gasteiger partial charge in [0.05, 0.1) is 6.10 Å². The Morgan fingerprint density at radius 3 is 2.59 bits per heavy atom. The van der Waals surface area contributed by atoms with E-state index in [-0.39, 0.29) is 5.75 Å². The summed E-state index contributed by atoms with van der Waals surface area (Å²) in [4.78, 5) is 38.0. The van der Waals surface area contributed by atoms with Gasteiger partial charge in [-0.3, -0.25) is 23.7 Å². The summed E-state index contributed by atoms with van der Waals surface area (Å²) in [5.41, 5.74) is -2.30. The predicted octanol–water partition coefficient (Wildman–Crippen LogP) is 1.30. The molecule has 1 aromatic carbocycles. The number of carbonyl (C=O) groups is 1. The van der Waals surface area contributed by atoms with Gasteiger partial charge in [0, 0.05) is 12.3 Å². The molecular weight excluding hydrogens is 540 g/mol. The SMILES string of the molecule is C=C=CC1(O)C(n2ccc(=O)[nH]c2=O)OC(F)(COP(=O)(NC(C)C(=O)OC(C)C)Oc2ccccc2)C1O. The Morgan fingerprint density at radius 2 is 2.00 bits per heavy atom. The van der Waals surface area contributed by atoms with E-state index in [0.717, 1.165) is 18.3 Å². The van der Waals surface area contributed by atoms with E-state index in [1.54, 1.807) is 32.0 Å². The summed E-state index contributed by atoms with van der Waals surface area (Å²) in [6, 6.07) is 7.28. The van der Waals surface area contributed by atoms with Crippen molar-refractivity contribution in [3.05, 3.63) is 81.8 Å². The number of nitrogens with one attached hydrogen (secondary N) is 2. The van der Waals surface area contributed by atoms with Gasteiger partial charge in [-0.2, -0.15) is 5.09 Å². The number of hydrogen-bond acceptors (Lipinski definition) is 10. The van der Waals surface area contributed by atoms with Crippen LogP contribution >= 0.6 is 7.75 Å². The number of hydrogen-bond donors (Lipinski definition) is 4. The van der Waals surface area contributed by atoms with Gasteiger partial charge in [-0.05, 0) is 39.0 Å². The molecule has 1 aromatic heterocycles. The van der Waals surface area contributed by atoms with Gasteiger partial charge in [-0.15, -0.1) is 5.73 Å². The average molecular weight is 569 g/mol. The molecule has 2 aromatic rings. The molecule has 0 spiro atoms. The number of esters is 1. The number of aliphatic hydroxyl groups excluding tert-OH is 1. The topological polar surface area (TPSA) is 178 Å².